The van der Waals surface area contributed by atoms with E-state index in [1.807, 2.05) is 0 Å². The summed E-state index contributed by atoms with van der Waals surface area (Å²) in [5, 5.41) is 0. The number of rotatable bonds is 5. The van der Waals surface area contributed by atoms with Gasteiger partial charge in [0.15, 0.2) is 0 Å². The van der Waals surface area contributed by atoms with Gasteiger partial charge < -0.3 is 15.4 Å². The van der Waals surface area contributed by atoms with Gasteiger partial charge in [0.2, 0.25) is 0 Å². The van der Waals surface area contributed by atoms with E-state index in [9.17, 15) is 0 Å². The number of likely N-dealkylation sites (tertiary alicyclic amines) is 1. The summed E-state index contributed by atoms with van der Waals surface area (Å²) in [7, 11) is 1.77. The van der Waals surface area contributed by atoms with Gasteiger partial charge in [0.1, 0.15) is 5.75 Å². The van der Waals surface area contributed by atoms with E-state index in [1.165, 1.54) is 42.6 Å². The molecule has 1 fully saturated rings. The van der Waals surface area contributed by atoms with Crippen molar-refractivity contribution in [2.45, 2.75) is 52.5 Å². The molecule has 3 heteroatoms. The summed E-state index contributed by atoms with van der Waals surface area (Å²) in [5.74, 6) is 2.07. The van der Waals surface area contributed by atoms with Crippen LogP contribution >= 0.6 is 0 Å². The first kappa shape index (κ1) is 17.3. The highest BCUT2D eigenvalue weighted by Crippen LogP contribution is 2.38. The van der Waals surface area contributed by atoms with Crippen molar-refractivity contribution in [2.75, 3.05) is 26.7 Å². The molecule has 0 radical (unpaired) electrons. The number of benzene rings is 1. The first-order valence-corrected chi connectivity index (χ1v) is 8.57. The Labute approximate surface area is 135 Å². The standard InChI is InChI=1S/C19H32N2O/c1-13(2)21-8-6-16(7-9-21)18(12-20)17-10-14(3)15(4)11-19(17)22-5/h10-11,13,16,18H,6-9,12,20H2,1-5H3. The third kappa shape index (κ3) is 3.64. The molecule has 1 aliphatic heterocycles. The molecule has 1 atom stereocenters. The van der Waals surface area contributed by atoms with E-state index < -0.39 is 0 Å². The smallest absolute Gasteiger partial charge is 0.122 e. The van der Waals surface area contributed by atoms with Gasteiger partial charge in [-0.05, 0) is 88.8 Å². The lowest BCUT2D eigenvalue weighted by Crippen LogP contribution is -2.40. The highest BCUT2D eigenvalue weighted by molar-refractivity contribution is 5.44. The molecule has 0 spiro atoms. The lowest BCUT2D eigenvalue weighted by atomic mass is 9.79. The van der Waals surface area contributed by atoms with Gasteiger partial charge in [-0.1, -0.05) is 6.07 Å². The van der Waals surface area contributed by atoms with Crippen molar-refractivity contribution in [3.8, 4) is 5.75 Å². The maximum absolute atomic E-state index is 6.17. The van der Waals surface area contributed by atoms with Crippen molar-refractivity contribution in [3.05, 3.63) is 28.8 Å². The van der Waals surface area contributed by atoms with Gasteiger partial charge in [0.05, 0.1) is 7.11 Å². The molecule has 1 saturated heterocycles. The van der Waals surface area contributed by atoms with Crippen molar-refractivity contribution in [2.24, 2.45) is 11.7 Å². The number of ether oxygens (including phenoxy) is 1. The monoisotopic (exact) mass is 304 g/mol. The van der Waals surface area contributed by atoms with E-state index in [2.05, 4.69) is 44.7 Å². The number of hydrogen-bond donors (Lipinski definition) is 1. The molecule has 0 saturated carbocycles. The van der Waals surface area contributed by atoms with Crippen molar-refractivity contribution in [3.63, 3.8) is 0 Å². The summed E-state index contributed by atoms with van der Waals surface area (Å²) < 4.78 is 5.65. The summed E-state index contributed by atoms with van der Waals surface area (Å²) in [6.45, 7) is 12.0. The third-order valence-electron chi connectivity index (χ3n) is 5.37. The number of piperidine rings is 1. The average Bonchev–Trinajstić information content (AvgIpc) is 2.51. The Morgan fingerprint density at radius 1 is 1.18 bits per heavy atom. The fourth-order valence-electron chi connectivity index (χ4n) is 3.69. The Bertz CT molecular complexity index is 490. The van der Waals surface area contributed by atoms with Crippen LogP contribution in [0.3, 0.4) is 0 Å². The Balaban J connectivity index is 2.20. The predicted molar refractivity (Wildman–Crippen MR) is 93.7 cm³/mol. The van der Waals surface area contributed by atoms with Crippen molar-refractivity contribution in [1.82, 2.24) is 4.90 Å². The topological polar surface area (TPSA) is 38.5 Å². The number of nitrogens with zero attached hydrogens (tertiary/aromatic N) is 1. The molecule has 124 valence electrons. The Kier molecular flexibility index (Phi) is 5.87. The highest BCUT2D eigenvalue weighted by atomic mass is 16.5. The molecule has 2 rings (SSSR count). The number of methoxy groups -OCH3 is 1. The number of nitrogens with two attached hydrogens (primary N) is 1. The maximum atomic E-state index is 6.17. The van der Waals surface area contributed by atoms with E-state index in [0.717, 1.165) is 5.75 Å². The number of hydrogen-bond acceptors (Lipinski definition) is 3. The second-order valence-corrected chi connectivity index (χ2v) is 6.99. The molecule has 2 N–H and O–H groups in total. The van der Waals surface area contributed by atoms with Crippen LogP contribution < -0.4 is 10.5 Å². The van der Waals surface area contributed by atoms with Gasteiger partial charge in [-0.3, -0.25) is 0 Å². The van der Waals surface area contributed by atoms with Crippen LogP contribution in [0.15, 0.2) is 12.1 Å². The van der Waals surface area contributed by atoms with Gasteiger partial charge in [0.25, 0.3) is 0 Å². The molecule has 1 aliphatic rings. The summed E-state index contributed by atoms with van der Waals surface area (Å²) in [5.41, 5.74) is 10.1. The maximum Gasteiger partial charge on any atom is 0.122 e. The zero-order chi connectivity index (χ0) is 16.3. The zero-order valence-corrected chi connectivity index (χ0v) is 14.9. The van der Waals surface area contributed by atoms with Crippen LogP contribution in [-0.2, 0) is 0 Å². The van der Waals surface area contributed by atoms with Gasteiger partial charge in [-0.25, -0.2) is 0 Å². The van der Waals surface area contributed by atoms with Crippen LogP contribution in [0.2, 0.25) is 0 Å². The van der Waals surface area contributed by atoms with Crippen LogP contribution in [0, 0.1) is 19.8 Å². The van der Waals surface area contributed by atoms with Crippen molar-refractivity contribution in [1.29, 1.82) is 0 Å². The van der Waals surface area contributed by atoms with E-state index >= 15 is 0 Å². The molecule has 1 unspecified atom stereocenters. The Morgan fingerprint density at radius 3 is 2.27 bits per heavy atom. The second-order valence-electron chi connectivity index (χ2n) is 6.99. The largest absolute Gasteiger partial charge is 0.496 e. The molecule has 1 aromatic rings. The average molecular weight is 304 g/mol. The summed E-state index contributed by atoms with van der Waals surface area (Å²) >= 11 is 0. The third-order valence-corrected chi connectivity index (χ3v) is 5.37. The molecular weight excluding hydrogens is 272 g/mol. The molecule has 0 amide bonds. The molecule has 0 aliphatic carbocycles. The van der Waals surface area contributed by atoms with Gasteiger partial charge in [-0.2, -0.15) is 0 Å². The molecule has 3 nitrogen and oxygen atoms in total. The summed E-state index contributed by atoms with van der Waals surface area (Å²) in [6.07, 6.45) is 2.46. The first-order valence-electron chi connectivity index (χ1n) is 8.57. The van der Waals surface area contributed by atoms with E-state index in [4.69, 9.17) is 10.5 Å². The van der Waals surface area contributed by atoms with E-state index in [-0.39, 0.29) is 0 Å². The second kappa shape index (κ2) is 7.47. The fourth-order valence-corrected chi connectivity index (χ4v) is 3.69. The Hall–Kier alpha value is -1.06. The lowest BCUT2D eigenvalue weighted by molar-refractivity contribution is 0.137. The van der Waals surface area contributed by atoms with Crippen LogP contribution in [0.4, 0.5) is 0 Å². The molecule has 1 heterocycles. The van der Waals surface area contributed by atoms with Gasteiger partial charge >= 0.3 is 0 Å². The van der Waals surface area contributed by atoms with Gasteiger partial charge in [-0.15, -0.1) is 0 Å². The summed E-state index contributed by atoms with van der Waals surface area (Å²) in [6, 6.07) is 5.10. The summed E-state index contributed by atoms with van der Waals surface area (Å²) in [4.78, 5) is 2.57. The van der Waals surface area contributed by atoms with E-state index in [0.29, 0.717) is 24.4 Å². The SMILES string of the molecule is COc1cc(C)c(C)cc1C(CN)C1CCN(C(C)C)CC1. The van der Waals surface area contributed by atoms with Gasteiger partial charge in [0, 0.05) is 12.0 Å². The lowest BCUT2D eigenvalue weighted by Gasteiger charge is -2.38. The number of aryl methyl sites for hydroxylation is 2. The van der Waals surface area contributed by atoms with E-state index in [1.54, 1.807) is 7.11 Å². The minimum atomic E-state index is 0.406. The minimum Gasteiger partial charge on any atom is -0.496 e. The van der Waals surface area contributed by atoms with Crippen LogP contribution in [0.1, 0.15) is 49.3 Å². The quantitative estimate of drug-likeness (QED) is 0.905. The van der Waals surface area contributed by atoms with Crippen LogP contribution in [0.25, 0.3) is 0 Å². The van der Waals surface area contributed by atoms with Crippen LogP contribution in [0.5, 0.6) is 5.75 Å². The highest BCUT2D eigenvalue weighted by Gasteiger charge is 2.29. The molecule has 1 aromatic carbocycles. The van der Waals surface area contributed by atoms with Crippen molar-refractivity contribution >= 4 is 0 Å². The fraction of sp³-hybridized carbons (Fsp3) is 0.684. The molecular formula is C19H32N2O. The predicted octanol–water partition coefficient (Wildman–Crippen LogP) is 3.47. The first-order chi connectivity index (χ1) is 10.5. The van der Waals surface area contributed by atoms with Crippen molar-refractivity contribution < 1.29 is 4.74 Å². The zero-order valence-electron chi connectivity index (χ0n) is 14.9. The molecule has 0 aromatic heterocycles. The molecule has 0 bridgehead atoms. The van der Waals surface area contributed by atoms with Crippen LogP contribution in [-0.4, -0.2) is 37.7 Å². The Morgan fingerprint density at radius 2 is 1.77 bits per heavy atom. The minimum absolute atomic E-state index is 0.406. The normalized spacial score (nSPS) is 18.7. The molecule has 22 heavy (non-hydrogen) atoms.